The van der Waals surface area contributed by atoms with Crippen LogP contribution in [-0.4, -0.2) is 31.2 Å². The van der Waals surface area contributed by atoms with Crippen LogP contribution in [0.5, 0.6) is 5.75 Å². The Kier molecular flexibility index (Phi) is 6.33. The fourth-order valence-corrected chi connectivity index (χ4v) is 2.84. The van der Waals surface area contributed by atoms with Gasteiger partial charge in [0.05, 0.1) is 23.3 Å². The third-order valence-corrected chi connectivity index (χ3v) is 4.24. The van der Waals surface area contributed by atoms with Gasteiger partial charge < -0.3 is 14.8 Å². The van der Waals surface area contributed by atoms with E-state index >= 15 is 0 Å². The number of para-hydroxylation sites is 1. The molecule has 0 atom stereocenters. The number of methoxy groups -OCH3 is 1. The lowest BCUT2D eigenvalue weighted by molar-refractivity contribution is -0.136. The zero-order valence-electron chi connectivity index (χ0n) is 15.6. The lowest BCUT2D eigenvalue weighted by atomic mass is 10.0. The summed E-state index contributed by atoms with van der Waals surface area (Å²) >= 11 is 0. The summed E-state index contributed by atoms with van der Waals surface area (Å²) in [5.74, 6) is -0.203. The number of fused-ring (bicyclic) bond motifs is 1. The standard InChI is InChI=1S/C21H19F3N2O3/c1-28-10-11-29-15-8-6-14(7-9-15)12-26-20(27)17-13-25-18-5-3-2-4-16(18)19(17)21(22,23)24/h2-9,13H,10-12H2,1H3,(H,26,27). The Morgan fingerprint density at radius 2 is 1.79 bits per heavy atom. The Morgan fingerprint density at radius 1 is 1.07 bits per heavy atom. The molecule has 29 heavy (non-hydrogen) atoms. The summed E-state index contributed by atoms with van der Waals surface area (Å²) in [6.07, 6.45) is -3.72. The van der Waals surface area contributed by atoms with Crippen molar-refractivity contribution in [2.24, 2.45) is 0 Å². The highest BCUT2D eigenvalue weighted by Crippen LogP contribution is 2.36. The first-order valence-electron chi connectivity index (χ1n) is 8.84. The van der Waals surface area contributed by atoms with Crippen LogP contribution in [0.3, 0.4) is 0 Å². The third-order valence-electron chi connectivity index (χ3n) is 4.24. The first kappa shape index (κ1) is 20.6. The summed E-state index contributed by atoms with van der Waals surface area (Å²) in [6, 6.07) is 12.8. The Balaban J connectivity index is 1.75. The minimum atomic E-state index is -4.68. The van der Waals surface area contributed by atoms with Crippen LogP contribution in [0.25, 0.3) is 10.9 Å². The van der Waals surface area contributed by atoms with E-state index in [0.717, 1.165) is 11.8 Å². The van der Waals surface area contributed by atoms with Crippen LogP contribution in [0.2, 0.25) is 0 Å². The van der Waals surface area contributed by atoms with Gasteiger partial charge in [-0.2, -0.15) is 13.2 Å². The number of rotatable bonds is 7. The molecule has 1 N–H and O–H groups in total. The number of amides is 1. The van der Waals surface area contributed by atoms with Crippen molar-refractivity contribution in [1.82, 2.24) is 10.3 Å². The number of halogens is 3. The maximum atomic E-state index is 13.6. The second-order valence-corrected chi connectivity index (χ2v) is 6.23. The number of benzene rings is 2. The smallest absolute Gasteiger partial charge is 0.417 e. The molecule has 8 heteroatoms. The van der Waals surface area contributed by atoms with Crippen molar-refractivity contribution >= 4 is 16.8 Å². The number of nitrogens with zero attached hydrogens (tertiary/aromatic N) is 1. The van der Waals surface area contributed by atoms with Gasteiger partial charge in [-0.3, -0.25) is 9.78 Å². The van der Waals surface area contributed by atoms with Gasteiger partial charge >= 0.3 is 6.18 Å². The van der Waals surface area contributed by atoms with Crippen molar-refractivity contribution in [3.05, 3.63) is 71.4 Å². The fraction of sp³-hybridized carbons (Fsp3) is 0.238. The van der Waals surface area contributed by atoms with Gasteiger partial charge in [0.1, 0.15) is 12.4 Å². The number of carbonyl (C=O) groups excluding carboxylic acids is 1. The Bertz CT molecular complexity index is 989. The van der Waals surface area contributed by atoms with Crippen LogP contribution < -0.4 is 10.1 Å². The van der Waals surface area contributed by atoms with Crippen LogP contribution in [-0.2, 0) is 17.5 Å². The Hall–Kier alpha value is -3.13. The van der Waals surface area contributed by atoms with Gasteiger partial charge in [-0.15, -0.1) is 0 Å². The summed E-state index contributed by atoms with van der Waals surface area (Å²) in [6.45, 7) is 0.933. The monoisotopic (exact) mass is 404 g/mol. The second kappa shape index (κ2) is 8.91. The maximum Gasteiger partial charge on any atom is 0.417 e. The number of pyridine rings is 1. The molecule has 0 aliphatic carbocycles. The Labute approximate surface area is 165 Å². The van der Waals surface area contributed by atoms with E-state index in [9.17, 15) is 18.0 Å². The van der Waals surface area contributed by atoms with Gasteiger partial charge in [0, 0.05) is 25.2 Å². The molecule has 3 rings (SSSR count). The van der Waals surface area contributed by atoms with Crippen LogP contribution in [0.4, 0.5) is 13.2 Å². The van der Waals surface area contributed by atoms with Crippen molar-refractivity contribution in [1.29, 1.82) is 0 Å². The fourth-order valence-electron chi connectivity index (χ4n) is 2.84. The minimum absolute atomic E-state index is 0.0707. The molecule has 3 aromatic rings. The number of hydrogen-bond donors (Lipinski definition) is 1. The molecule has 1 heterocycles. The van der Waals surface area contributed by atoms with E-state index < -0.39 is 23.2 Å². The van der Waals surface area contributed by atoms with E-state index in [4.69, 9.17) is 9.47 Å². The number of ether oxygens (including phenoxy) is 2. The normalized spacial score (nSPS) is 11.4. The predicted molar refractivity (Wildman–Crippen MR) is 102 cm³/mol. The second-order valence-electron chi connectivity index (χ2n) is 6.23. The topological polar surface area (TPSA) is 60.5 Å². The van der Waals surface area contributed by atoms with Crippen LogP contribution in [0, 0.1) is 0 Å². The molecule has 2 aromatic carbocycles. The molecule has 1 aromatic heterocycles. The van der Waals surface area contributed by atoms with E-state index in [1.807, 2.05) is 0 Å². The molecule has 0 saturated carbocycles. The largest absolute Gasteiger partial charge is 0.491 e. The van der Waals surface area contributed by atoms with Crippen molar-refractivity contribution in [2.45, 2.75) is 12.7 Å². The number of aromatic nitrogens is 1. The van der Waals surface area contributed by atoms with Crippen molar-refractivity contribution in [3.63, 3.8) is 0 Å². The molecule has 0 radical (unpaired) electrons. The van der Waals surface area contributed by atoms with Gasteiger partial charge in [-0.1, -0.05) is 30.3 Å². The predicted octanol–water partition coefficient (Wildman–Crippen LogP) is 4.21. The SMILES string of the molecule is COCCOc1ccc(CNC(=O)c2cnc3ccccc3c2C(F)(F)F)cc1. The zero-order valence-corrected chi connectivity index (χ0v) is 15.6. The van der Waals surface area contributed by atoms with E-state index in [1.165, 1.54) is 18.2 Å². The van der Waals surface area contributed by atoms with Gasteiger partial charge in [-0.05, 0) is 23.8 Å². The minimum Gasteiger partial charge on any atom is -0.491 e. The zero-order chi connectivity index (χ0) is 20.9. The number of carbonyl (C=O) groups is 1. The molecule has 0 bridgehead atoms. The van der Waals surface area contributed by atoms with Crippen molar-refractivity contribution < 1.29 is 27.4 Å². The molecule has 0 unspecified atom stereocenters. The van der Waals surface area contributed by atoms with E-state index in [1.54, 1.807) is 37.4 Å². The molecule has 0 aliphatic heterocycles. The highest BCUT2D eigenvalue weighted by molar-refractivity contribution is 6.00. The highest BCUT2D eigenvalue weighted by atomic mass is 19.4. The highest BCUT2D eigenvalue weighted by Gasteiger charge is 2.37. The number of nitrogens with one attached hydrogen (secondary N) is 1. The molecule has 0 fully saturated rings. The quantitative estimate of drug-likeness (QED) is 0.600. The molecule has 5 nitrogen and oxygen atoms in total. The van der Waals surface area contributed by atoms with Gasteiger partial charge in [-0.25, -0.2) is 0 Å². The Morgan fingerprint density at radius 3 is 2.48 bits per heavy atom. The van der Waals surface area contributed by atoms with E-state index in [2.05, 4.69) is 10.3 Å². The third kappa shape index (κ3) is 5.03. The summed E-state index contributed by atoms with van der Waals surface area (Å²) in [5.41, 5.74) is -0.585. The van der Waals surface area contributed by atoms with E-state index in [0.29, 0.717) is 19.0 Å². The summed E-state index contributed by atoms with van der Waals surface area (Å²) in [7, 11) is 1.57. The van der Waals surface area contributed by atoms with Crippen molar-refractivity contribution in [2.75, 3.05) is 20.3 Å². The summed E-state index contributed by atoms with van der Waals surface area (Å²) in [5, 5.41) is 2.42. The average Bonchev–Trinajstić information content (AvgIpc) is 2.71. The first-order chi connectivity index (χ1) is 13.9. The molecular weight excluding hydrogens is 385 g/mol. The van der Waals surface area contributed by atoms with Gasteiger partial charge in [0.2, 0.25) is 0 Å². The van der Waals surface area contributed by atoms with Gasteiger partial charge in [0.15, 0.2) is 0 Å². The average molecular weight is 404 g/mol. The lowest BCUT2D eigenvalue weighted by Crippen LogP contribution is -2.26. The van der Waals surface area contributed by atoms with Crippen molar-refractivity contribution in [3.8, 4) is 5.75 Å². The number of hydrogen-bond acceptors (Lipinski definition) is 4. The van der Waals surface area contributed by atoms with Crippen LogP contribution in [0.1, 0.15) is 21.5 Å². The molecule has 0 aliphatic rings. The molecule has 0 spiro atoms. The molecule has 1 amide bonds. The summed E-state index contributed by atoms with van der Waals surface area (Å²) < 4.78 is 51.3. The molecule has 152 valence electrons. The van der Waals surface area contributed by atoms with Crippen LogP contribution >= 0.6 is 0 Å². The van der Waals surface area contributed by atoms with Crippen LogP contribution in [0.15, 0.2) is 54.7 Å². The molecular formula is C21H19F3N2O3. The van der Waals surface area contributed by atoms with E-state index in [-0.39, 0.29) is 17.4 Å². The first-order valence-corrected chi connectivity index (χ1v) is 8.84. The lowest BCUT2D eigenvalue weighted by Gasteiger charge is -2.15. The summed E-state index contributed by atoms with van der Waals surface area (Å²) in [4.78, 5) is 16.5. The van der Waals surface area contributed by atoms with Gasteiger partial charge in [0.25, 0.3) is 5.91 Å². The maximum absolute atomic E-state index is 13.6. The number of alkyl halides is 3. The molecule has 0 saturated heterocycles.